The molecule has 96 valence electrons. The molecule has 2 N–H and O–H groups in total. The summed E-state index contributed by atoms with van der Waals surface area (Å²) in [5.41, 5.74) is 6.58. The highest BCUT2D eigenvalue weighted by atomic mass is 35.5. The molecule has 17 heavy (non-hydrogen) atoms. The fourth-order valence-electron chi connectivity index (χ4n) is 1.62. The molecule has 0 aliphatic rings. The second kappa shape index (κ2) is 6.67. The molecular formula is C12H20ClN3O. The lowest BCUT2D eigenvalue weighted by molar-refractivity contribution is 0.204. The molecule has 0 aliphatic carbocycles. The fourth-order valence-corrected chi connectivity index (χ4v) is 1.76. The monoisotopic (exact) mass is 257 g/mol. The summed E-state index contributed by atoms with van der Waals surface area (Å²) in [6.07, 6.45) is 0. The molecule has 0 bridgehead atoms. The number of ether oxygens (including phenoxy) is 1. The summed E-state index contributed by atoms with van der Waals surface area (Å²) in [7, 11) is 1.68. The van der Waals surface area contributed by atoms with E-state index >= 15 is 0 Å². The van der Waals surface area contributed by atoms with E-state index in [0.717, 1.165) is 18.9 Å². The molecule has 0 amide bonds. The molecule has 0 radical (unpaired) electrons. The second-order valence-corrected chi connectivity index (χ2v) is 4.77. The number of hydrogen-bond donors (Lipinski definition) is 1. The van der Waals surface area contributed by atoms with E-state index in [2.05, 4.69) is 23.7 Å². The normalized spacial score (nSPS) is 10.9. The molecule has 0 spiro atoms. The summed E-state index contributed by atoms with van der Waals surface area (Å²) in [5.74, 6) is 1.26. The van der Waals surface area contributed by atoms with Gasteiger partial charge in [-0.1, -0.05) is 25.4 Å². The Kier molecular flexibility index (Phi) is 5.51. The standard InChI is InChI=1S/C12H20ClN3O/c1-9(2)8-16(6-7-17-3)12-10(14)4-5-11(13)15-12/h4-5,9H,6-8,14H2,1-3H3. The van der Waals surface area contributed by atoms with Gasteiger partial charge in [-0.25, -0.2) is 4.98 Å². The first-order valence-corrected chi connectivity index (χ1v) is 6.08. The van der Waals surface area contributed by atoms with E-state index in [4.69, 9.17) is 22.1 Å². The minimum absolute atomic E-state index is 0.459. The number of hydrogen-bond acceptors (Lipinski definition) is 4. The molecule has 1 heterocycles. The van der Waals surface area contributed by atoms with Gasteiger partial charge in [0.15, 0.2) is 5.82 Å². The third-order valence-electron chi connectivity index (χ3n) is 2.32. The van der Waals surface area contributed by atoms with Crippen molar-refractivity contribution in [1.29, 1.82) is 0 Å². The minimum Gasteiger partial charge on any atom is -0.396 e. The summed E-state index contributed by atoms with van der Waals surface area (Å²) in [5, 5.41) is 0.459. The molecule has 0 fully saturated rings. The highest BCUT2D eigenvalue weighted by molar-refractivity contribution is 6.29. The maximum atomic E-state index is 5.93. The van der Waals surface area contributed by atoms with Crippen molar-refractivity contribution in [2.24, 2.45) is 5.92 Å². The van der Waals surface area contributed by atoms with E-state index in [1.165, 1.54) is 0 Å². The number of nitrogens with zero attached hydrogens (tertiary/aromatic N) is 2. The van der Waals surface area contributed by atoms with E-state index in [0.29, 0.717) is 23.4 Å². The number of rotatable bonds is 6. The second-order valence-electron chi connectivity index (χ2n) is 4.38. The van der Waals surface area contributed by atoms with Crippen molar-refractivity contribution >= 4 is 23.1 Å². The number of anilines is 2. The average Bonchev–Trinajstić information content (AvgIpc) is 2.27. The summed E-state index contributed by atoms with van der Waals surface area (Å²) in [4.78, 5) is 6.40. The Morgan fingerprint density at radius 1 is 1.47 bits per heavy atom. The molecule has 4 nitrogen and oxygen atoms in total. The lowest BCUT2D eigenvalue weighted by Crippen LogP contribution is -2.32. The Morgan fingerprint density at radius 2 is 2.18 bits per heavy atom. The van der Waals surface area contributed by atoms with Crippen molar-refractivity contribution in [1.82, 2.24) is 4.98 Å². The largest absolute Gasteiger partial charge is 0.396 e. The first kappa shape index (κ1) is 14.1. The van der Waals surface area contributed by atoms with Crippen molar-refractivity contribution in [3.63, 3.8) is 0 Å². The number of methoxy groups -OCH3 is 1. The lowest BCUT2D eigenvalue weighted by atomic mass is 10.2. The van der Waals surface area contributed by atoms with E-state index in [1.54, 1.807) is 19.2 Å². The Balaban J connectivity index is 2.90. The predicted molar refractivity (Wildman–Crippen MR) is 72.6 cm³/mol. The molecule has 0 aliphatic heterocycles. The highest BCUT2D eigenvalue weighted by Crippen LogP contribution is 2.23. The van der Waals surface area contributed by atoms with Crippen LogP contribution in [0.4, 0.5) is 11.5 Å². The van der Waals surface area contributed by atoms with Gasteiger partial charge in [-0.2, -0.15) is 0 Å². The minimum atomic E-state index is 0.459. The molecular weight excluding hydrogens is 238 g/mol. The first-order valence-electron chi connectivity index (χ1n) is 5.70. The van der Waals surface area contributed by atoms with E-state index in [9.17, 15) is 0 Å². The summed E-state index contributed by atoms with van der Waals surface area (Å²) >= 11 is 5.91. The number of halogens is 1. The van der Waals surface area contributed by atoms with Crippen LogP contribution in [0.25, 0.3) is 0 Å². The molecule has 0 aromatic carbocycles. The highest BCUT2D eigenvalue weighted by Gasteiger charge is 2.13. The average molecular weight is 258 g/mol. The van der Waals surface area contributed by atoms with E-state index in [1.807, 2.05) is 0 Å². The van der Waals surface area contributed by atoms with Crippen LogP contribution in [0.1, 0.15) is 13.8 Å². The van der Waals surface area contributed by atoms with Crippen LogP contribution in [-0.2, 0) is 4.74 Å². The zero-order chi connectivity index (χ0) is 12.8. The Morgan fingerprint density at radius 3 is 2.76 bits per heavy atom. The van der Waals surface area contributed by atoms with Gasteiger partial charge in [-0.3, -0.25) is 0 Å². The van der Waals surface area contributed by atoms with E-state index in [-0.39, 0.29) is 0 Å². The predicted octanol–water partition coefficient (Wildman–Crippen LogP) is 2.43. The van der Waals surface area contributed by atoms with Gasteiger partial charge in [0.1, 0.15) is 5.15 Å². The van der Waals surface area contributed by atoms with E-state index < -0.39 is 0 Å². The molecule has 0 saturated heterocycles. The van der Waals surface area contributed by atoms with Crippen molar-refractivity contribution < 1.29 is 4.74 Å². The Bertz CT molecular complexity index is 358. The molecule has 5 heteroatoms. The van der Waals surface area contributed by atoms with Crippen LogP contribution in [0, 0.1) is 5.92 Å². The van der Waals surface area contributed by atoms with Gasteiger partial charge in [0.05, 0.1) is 12.3 Å². The van der Waals surface area contributed by atoms with Crippen molar-refractivity contribution in [3.8, 4) is 0 Å². The fraction of sp³-hybridized carbons (Fsp3) is 0.583. The van der Waals surface area contributed by atoms with Crippen LogP contribution in [0.3, 0.4) is 0 Å². The van der Waals surface area contributed by atoms with Crippen LogP contribution < -0.4 is 10.6 Å². The van der Waals surface area contributed by atoms with Gasteiger partial charge in [0.25, 0.3) is 0 Å². The SMILES string of the molecule is COCCN(CC(C)C)c1nc(Cl)ccc1N. The third kappa shape index (κ3) is 4.40. The Hall–Kier alpha value is -1.00. The number of aromatic nitrogens is 1. The van der Waals surface area contributed by atoms with Crippen molar-refractivity contribution in [2.45, 2.75) is 13.8 Å². The lowest BCUT2D eigenvalue weighted by Gasteiger charge is -2.26. The third-order valence-corrected chi connectivity index (χ3v) is 2.53. The summed E-state index contributed by atoms with van der Waals surface area (Å²) < 4.78 is 5.10. The van der Waals surface area contributed by atoms with Gasteiger partial charge in [0.2, 0.25) is 0 Å². The van der Waals surface area contributed by atoms with Gasteiger partial charge < -0.3 is 15.4 Å². The van der Waals surface area contributed by atoms with Gasteiger partial charge in [0, 0.05) is 20.2 Å². The van der Waals surface area contributed by atoms with Crippen LogP contribution in [-0.4, -0.2) is 31.8 Å². The zero-order valence-electron chi connectivity index (χ0n) is 10.6. The molecule has 1 rings (SSSR count). The topological polar surface area (TPSA) is 51.4 Å². The smallest absolute Gasteiger partial charge is 0.153 e. The summed E-state index contributed by atoms with van der Waals surface area (Å²) in [6.45, 7) is 6.58. The van der Waals surface area contributed by atoms with Crippen molar-refractivity contribution in [2.75, 3.05) is 37.4 Å². The maximum Gasteiger partial charge on any atom is 0.153 e. The number of nitrogen functional groups attached to an aromatic ring is 1. The van der Waals surface area contributed by atoms with Gasteiger partial charge in [-0.15, -0.1) is 0 Å². The maximum absolute atomic E-state index is 5.93. The first-order chi connectivity index (χ1) is 8.04. The number of pyridine rings is 1. The molecule has 0 unspecified atom stereocenters. The van der Waals surface area contributed by atoms with Crippen LogP contribution in [0.5, 0.6) is 0 Å². The number of nitrogens with two attached hydrogens (primary N) is 1. The Labute approximate surface area is 108 Å². The van der Waals surface area contributed by atoms with Crippen LogP contribution >= 0.6 is 11.6 Å². The van der Waals surface area contributed by atoms with Crippen LogP contribution in [0.15, 0.2) is 12.1 Å². The van der Waals surface area contributed by atoms with Gasteiger partial charge >= 0.3 is 0 Å². The molecule has 1 aromatic rings. The summed E-state index contributed by atoms with van der Waals surface area (Å²) in [6, 6.07) is 3.48. The molecule has 0 atom stereocenters. The molecule has 1 aromatic heterocycles. The molecule has 0 saturated carbocycles. The van der Waals surface area contributed by atoms with Crippen molar-refractivity contribution in [3.05, 3.63) is 17.3 Å². The van der Waals surface area contributed by atoms with Crippen LogP contribution in [0.2, 0.25) is 5.15 Å². The zero-order valence-corrected chi connectivity index (χ0v) is 11.4. The van der Waals surface area contributed by atoms with Gasteiger partial charge in [-0.05, 0) is 18.1 Å². The quantitative estimate of drug-likeness (QED) is 0.796.